The maximum absolute atomic E-state index is 12.0. The molecule has 0 spiro atoms. The number of carbonyl (C=O) groups excluding carboxylic acids is 4. The SMILES string of the molecule is CCOC(=O)C(=CN(C)C)C(C)=O.CCOC(=O)c1coc(-c2ccc(N3CCCC3)cc2)cc1=O.O=C(Cl)c1ccc(N2CCCC2)cc1.O=C(O)c1ccc(N2CCCC2)cc1. The number of ketones is 1. The third kappa shape index (κ3) is 15.4. The van der Waals surface area contributed by atoms with E-state index >= 15 is 0 Å². The minimum absolute atomic E-state index is 0.0758. The smallest absolute Gasteiger partial charge is 0.345 e. The Hall–Kier alpha value is -6.41. The summed E-state index contributed by atoms with van der Waals surface area (Å²) in [5, 5.41) is 8.34. The van der Waals surface area contributed by atoms with Gasteiger partial charge in [-0.25, -0.2) is 14.4 Å². The molecule has 4 aromatic rings. The van der Waals surface area contributed by atoms with Crippen molar-refractivity contribution in [3.05, 3.63) is 124 Å². The molecule has 0 atom stereocenters. The molecule has 342 valence electrons. The molecule has 0 aliphatic carbocycles. The Morgan fingerprint density at radius 1 is 0.688 bits per heavy atom. The van der Waals surface area contributed by atoms with E-state index in [1.165, 1.54) is 75.4 Å². The van der Waals surface area contributed by atoms with Gasteiger partial charge in [-0.1, -0.05) is 0 Å². The second-order valence-corrected chi connectivity index (χ2v) is 15.7. The number of aromatic carboxylic acids is 1. The van der Waals surface area contributed by atoms with Crippen LogP contribution in [0.1, 0.15) is 90.4 Å². The van der Waals surface area contributed by atoms with Crippen LogP contribution in [-0.4, -0.2) is 106 Å². The van der Waals surface area contributed by atoms with Crippen LogP contribution in [0.2, 0.25) is 0 Å². The number of carboxylic acid groups (broad SMARTS) is 1. The summed E-state index contributed by atoms with van der Waals surface area (Å²) < 4.78 is 15.0. The lowest BCUT2D eigenvalue weighted by atomic mass is 10.1. The summed E-state index contributed by atoms with van der Waals surface area (Å²) in [5.74, 6) is -1.93. The molecule has 15 heteroatoms. The van der Waals surface area contributed by atoms with Gasteiger partial charge in [0, 0.05) is 93.8 Å². The van der Waals surface area contributed by atoms with Crippen LogP contribution in [0.5, 0.6) is 0 Å². The molecular weight excluding hydrogens is 840 g/mol. The molecule has 4 heterocycles. The van der Waals surface area contributed by atoms with E-state index in [1.54, 1.807) is 57.1 Å². The number of benzene rings is 3. The van der Waals surface area contributed by atoms with E-state index in [0.29, 0.717) is 16.9 Å². The number of rotatable bonds is 12. The highest BCUT2D eigenvalue weighted by molar-refractivity contribution is 6.67. The Morgan fingerprint density at radius 2 is 1.11 bits per heavy atom. The maximum Gasteiger partial charge on any atom is 0.345 e. The van der Waals surface area contributed by atoms with Gasteiger partial charge in [0.25, 0.3) is 5.24 Å². The molecule has 3 aromatic carbocycles. The quantitative estimate of drug-likeness (QED) is 0.0474. The van der Waals surface area contributed by atoms with E-state index in [4.69, 9.17) is 30.6 Å². The van der Waals surface area contributed by atoms with Gasteiger partial charge in [-0.2, -0.15) is 0 Å². The first-order valence-corrected chi connectivity index (χ1v) is 21.9. The standard InChI is InChI=1S/C18H19NO4.C11H12ClNO.C11H13NO2.C9H15NO3/c1-2-22-18(21)15-12-23-17(11-16(15)20)13-5-7-14(8-6-13)19-9-3-4-10-19;12-11(14)9-3-5-10(6-4-9)13-7-1-2-8-13;13-11(14)9-3-5-10(6-4-9)12-7-1-2-8-12;1-5-13-9(12)8(7(2)11)6-10(3)4/h5-8,11-12H,2-4,9-10H2,1H3;3-6H,1-2,7-8H2;3-6H,1-2,7-8H2,(H,13,14);6H,5H2,1-4H3. The fraction of sp³-hybridized carbons (Fsp3) is 0.388. The Balaban J connectivity index is 0.000000194. The number of hydrogen-bond donors (Lipinski definition) is 1. The molecule has 3 aliphatic heterocycles. The van der Waals surface area contributed by atoms with E-state index in [2.05, 4.69) is 14.7 Å². The molecule has 0 unspecified atom stereocenters. The van der Waals surface area contributed by atoms with Crippen molar-refractivity contribution in [2.45, 2.75) is 59.3 Å². The van der Waals surface area contributed by atoms with Crippen molar-refractivity contribution in [1.29, 1.82) is 0 Å². The molecule has 0 radical (unpaired) electrons. The van der Waals surface area contributed by atoms with Crippen LogP contribution < -0.4 is 20.1 Å². The number of ether oxygens (including phenoxy) is 2. The van der Waals surface area contributed by atoms with Gasteiger partial charge in [-0.05, 0) is 144 Å². The number of carbonyl (C=O) groups is 5. The van der Waals surface area contributed by atoms with E-state index in [-0.39, 0.29) is 30.1 Å². The first-order valence-electron chi connectivity index (χ1n) is 21.6. The van der Waals surface area contributed by atoms with Crippen LogP contribution in [0, 0.1) is 0 Å². The molecule has 3 fully saturated rings. The zero-order valence-electron chi connectivity index (χ0n) is 37.3. The third-order valence-corrected chi connectivity index (χ3v) is 10.6. The molecule has 3 aliphatic rings. The fourth-order valence-electron chi connectivity index (χ4n) is 7.06. The van der Waals surface area contributed by atoms with Crippen molar-refractivity contribution >= 4 is 57.6 Å². The summed E-state index contributed by atoms with van der Waals surface area (Å²) in [6, 6.07) is 23.8. The minimum atomic E-state index is -0.863. The largest absolute Gasteiger partial charge is 0.478 e. The summed E-state index contributed by atoms with van der Waals surface area (Å²) in [6.07, 6.45) is 10.1. The number of halogens is 1. The molecule has 7 rings (SSSR count). The number of esters is 2. The van der Waals surface area contributed by atoms with Gasteiger partial charge in [0.05, 0.1) is 18.8 Å². The number of hydrogen-bond acceptors (Lipinski definition) is 13. The topological polar surface area (TPSA) is 167 Å². The molecule has 1 N–H and O–H groups in total. The summed E-state index contributed by atoms with van der Waals surface area (Å²) in [4.78, 5) is 75.9. The number of nitrogens with zero attached hydrogens (tertiary/aromatic N) is 4. The summed E-state index contributed by atoms with van der Waals surface area (Å²) in [5.41, 5.74) is 4.82. The van der Waals surface area contributed by atoms with Crippen molar-refractivity contribution in [2.75, 3.05) is 81.3 Å². The van der Waals surface area contributed by atoms with Crippen molar-refractivity contribution in [3.63, 3.8) is 0 Å². The molecule has 14 nitrogen and oxygen atoms in total. The second-order valence-electron chi connectivity index (χ2n) is 15.3. The zero-order chi connectivity index (χ0) is 46.6. The van der Waals surface area contributed by atoms with E-state index in [0.717, 1.165) is 50.5 Å². The molecular formula is C49H59ClN4O10. The number of Topliss-reactive ketones (excluding diaryl/α,β-unsaturated/α-hetero) is 1. The number of carboxylic acids is 1. The lowest BCUT2D eigenvalue weighted by molar-refractivity contribution is -0.139. The normalized spacial score (nSPS) is 14.2. The van der Waals surface area contributed by atoms with Crippen LogP contribution in [-0.2, 0) is 19.1 Å². The highest BCUT2D eigenvalue weighted by atomic mass is 35.5. The average Bonchev–Trinajstić information content (AvgIpc) is 4.12. The maximum atomic E-state index is 12.0. The van der Waals surface area contributed by atoms with Gasteiger partial charge >= 0.3 is 17.9 Å². The van der Waals surface area contributed by atoms with Crippen molar-refractivity contribution in [2.24, 2.45) is 0 Å². The molecule has 64 heavy (non-hydrogen) atoms. The van der Waals surface area contributed by atoms with Gasteiger partial charge in [-0.15, -0.1) is 0 Å². The molecule has 0 bridgehead atoms. The van der Waals surface area contributed by atoms with Crippen molar-refractivity contribution < 1.29 is 43.0 Å². The van der Waals surface area contributed by atoms with Crippen LogP contribution in [0.25, 0.3) is 11.3 Å². The van der Waals surface area contributed by atoms with E-state index in [9.17, 15) is 28.8 Å². The molecule has 3 saturated heterocycles. The molecule has 0 amide bonds. The second kappa shape index (κ2) is 25.6. The first kappa shape index (κ1) is 50.2. The summed E-state index contributed by atoms with van der Waals surface area (Å²) >= 11 is 5.36. The summed E-state index contributed by atoms with van der Waals surface area (Å²) in [7, 11) is 3.48. The highest BCUT2D eigenvalue weighted by Crippen LogP contribution is 2.26. The van der Waals surface area contributed by atoms with Gasteiger partial charge in [0.1, 0.15) is 23.2 Å². The highest BCUT2D eigenvalue weighted by Gasteiger charge is 2.18. The van der Waals surface area contributed by atoms with Crippen LogP contribution in [0.3, 0.4) is 0 Å². The minimum Gasteiger partial charge on any atom is -0.478 e. The monoisotopic (exact) mass is 898 g/mol. The van der Waals surface area contributed by atoms with Gasteiger partial charge < -0.3 is 38.6 Å². The van der Waals surface area contributed by atoms with Gasteiger partial charge in [0.2, 0.25) is 0 Å². The Morgan fingerprint density at radius 3 is 1.47 bits per heavy atom. The fourth-order valence-corrected chi connectivity index (χ4v) is 7.18. The Bertz CT molecular complexity index is 2170. The van der Waals surface area contributed by atoms with E-state index in [1.807, 2.05) is 48.5 Å². The third-order valence-electron chi connectivity index (χ3n) is 10.4. The van der Waals surface area contributed by atoms with E-state index < -0.39 is 28.6 Å². The van der Waals surface area contributed by atoms with Crippen molar-refractivity contribution in [3.8, 4) is 11.3 Å². The van der Waals surface area contributed by atoms with Crippen LogP contribution in [0.4, 0.5) is 17.1 Å². The summed E-state index contributed by atoms with van der Waals surface area (Å²) in [6.45, 7) is 11.8. The lowest BCUT2D eigenvalue weighted by Gasteiger charge is -2.17. The van der Waals surface area contributed by atoms with Crippen LogP contribution in [0.15, 0.2) is 106 Å². The zero-order valence-corrected chi connectivity index (χ0v) is 38.1. The average molecular weight is 899 g/mol. The first-order chi connectivity index (χ1) is 30.7. The number of anilines is 3. The van der Waals surface area contributed by atoms with Gasteiger partial charge in [-0.3, -0.25) is 14.4 Å². The molecule has 1 aromatic heterocycles. The predicted octanol–water partition coefficient (Wildman–Crippen LogP) is 8.32. The predicted molar refractivity (Wildman–Crippen MR) is 250 cm³/mol. The Labute approximate surface area is 380 Å². The van der Waals surface area contributed by atoms with Gasteiger partial charge in [0.15, 0.2) is 11.2 Å². The van der Waals surface area contributed by atoms with Crippen molar-refractivity contribution in [1.82, 2.24) is 4.90 Å². The lowest BCUT2D eigenvalue weighted by Crippen LogP contribution is -2.17. The molecule has 0 saturated carbocycles. The Kier molecular flexibility index (Phi) is 20.1. The van der Waals surface area contributed by atoms with Crippen LogP contribution >= 0.6 is 11.6 Å².